The lowest BCUT2D eigenvalue weighted by atomic mass is 9.91. The Bertz CT molecular complexity index is 602. The number of aliphatic hydroxyl groups is 1. The SMILES string of the molecule is OCCN(c1cc(Cl)nc(-c2ccccc2)n1)C1CCC1. The Labute approximate surface area is 129 Å². The van der Waals surface area contributed by atoms with E-state index in [4.69, 9.17) is 11.6 Å². The average molecular weight is 304 g/mol. The predicted molar refractivity (Wildman–Crippen MR) is 84.5 cm³/mol. The summed E-state index contributed by atoms with van der Waals surface area (Å²) < 4.78 is 0. The van der Waals surface area contributed by atoms with Crippen LogP contribution >= 0.6 is 11.6 Å². The van der Waals surface area contributed by atoms with Crippen molar-refractivity contribution in [3.05, 3.63) is 41.6 Å². The minimum absolute atomic E-state index is 0.110. The molecule has 1 aliphatic carbocycles. The van der Waals surface area contributed by atoms with Gasteiger partial charge in [-0.05, 0) is 19.3 Å². The van der Waals surface area contributed by atoms with Crippen molar-refractivity contribution < 1.29 is 5.11 Å². The van der Waals surface area contributed by atoms with Crippen LogP contribution in [0.5, 0.6) is 0 Å². The molecule has 0 unspecified atom stereocenters. The Morgan fingerprint density at radius 2 is 1.95 bits per heavy atom. The van der Waals surface area contributed by atoms with Crippen LogP contribution in [0.1, 0.15) is 19.3 Å². The zero-order valence-electron chi connectivity index (χ0n) is 11.7. The van der Waals surface area contributed by atoms with Crippen LogP contribution < -0.4 is 4.90 Å². The van der Waals surface area contributed by atoms with E-state index in [0.29, 0.717) is 23.6 Å². The smallest absolute Gasteiger partial charge is 0.163 e. The molecule has 1 saturated carbocycles. The molecule has 0 bridgehead atoms. The summed E-state index contributed by atoms with van der Waals surface area (Å²) in [6, 6.07) is 12.0. The quantitative estimate of drug-likeness (QED) is 0.862. The van der Waals surface area contributed by atoms with Crippen LogP contribution in [0.25, 0.3) is 11.4 Å². The third-order valence-corrected chi connectivity index (χ3v) is 4.06. The van der Waals surface area contributed by atoms with Crippen molar-refractivity contribution in [1.29, 1.82) is 0 Å². The minimum Gasteiger partial charge on any atom is -0.395 e. The molecule has 2 aromatic rings. The Kier molecular flexibility index (Phi) is 4.36. The van der Waals surface area contributed by atoms with Gasteiger partial charge in [-0.2, -0.15) is 0 Å². The molecule has 0 atom stereocenters. The molecule has 0 spiro atoms. The Balaban J connectivity index is 1.96. The van der Waals surface area contributed by atoms with Gasteiger partial charge in [0.1, 0.15) is 11.0 Å². The molecule has 1 aliphatic rings. The molecule has 21 heavy (non-hydrogen) atoms. The highest BCUT2D eigenvalue weighted by molar-refractivity contribution is 6.29. The Morgan fingerprint density at radius 1 is 1.19 bits per heavy atom. The Morgan fingerprint density at radius 3 is 2.57 bits per heavy atom. The van der Waals surface area contributed by atoms with Gasteiger partial charge in [-0.1, -0.05) is 41.9 Å². The second-order valence-corrected chi connectivity index (χ2v) is 5.63. The van der Waals surface area contributed by atoms with Crippen LogP contribution in [0.4, 0.5) is 5.82 Å². The van der Waals surface area contributed by atoms with Gasteiger partial charge in [0.05, 0.1) is 6.61 Å². The summed E-state index contributed by atoms with van der Waals surface area (Å²) in [4.78, 5) is 11.1. The van der Waals surface area contributed by atoms with Crippen molar-refractivity contribution in [2.24, 2.45) is 0 Å². The van der Waals surface area contributed by atoms with Crippen LogP contribution in [0.3, 0.4) is 0 Å². The second kappa shape index (κ2) is 6.41. The fourth-order valence-electron chi connectivity index (χ4n) is 2.56. The van der Waals surface area contributed by atoms with Gasteiger partial charge in [-0.25, -0.2) is 9.97 Å². The number of rotatable bonds is 5. The maximum atomic E-state index is 9.30. The van der Waals surface area contributed by atoms with Crippen molar-refractivity contribution in [2.75, 3.05) is 18.1 Å². The first kappa shape index (κ1) is 14.3. The summed E-state index contributed by atoms with van der Waals surface area (Å²) in [6.07, 6.45) is 3.52. The molecule has 4 nitrogen and oxygen atoms in total. The monoisotopic (exact) mass is 303 g/mol. The zero-order chi connectivity index (χ0) is 14.7. The maximum absolute atomic E-state index is 9.30. The molecule has 0 saturated heterocycles. The number of aromatic nitrogens is 2. The normalized spacial score (nSPS) is 14.8. The van der Waals surface area contributed by atoms with Gasteiger partial charge in [0.25, 0.3) is 0 Å². The lowest BCUT2D eigenvalue weighted by molar-refractivity contribution is 0.283. The highest BCUT2D eigenvalue weighted by Gasteiger charge is 2.26. The summed E-state index contributed by atoms with van der Waals surface area (Å²) in [6.45, 7) is 0.686. The molecule has 1 aromatic heterocycles. The van der Waals surface area contributed by atoms with Gasteiger partial charge in [0.2, 0.25) is 0 Å². The van der Waals surface area contributed by atoms with Crippen LogP contribution in [-0.2, 0) is 0 Å². The van der Waals surface area contributed by atoms with Crippen molar-refractivity contribution in [1.82, 2.24) is 9.97 Å². The number of halogens is 1. The number of nitrogens with zero attached hydrogens (tertiary/aromatic N) is 3. The molecule has 5 heteroatoms. The molecule has 110 valence electrons. The number of hydrogen-bond acceptors (Lipinski definition) is 4. The number of aliphatic hydroxyl groups excluding tert-OH is 1. The first-order valence-corrected chi connectivity index (χ1v) is 7.63. The van der Waals surface area contributed by atoms with Crippen LogP contribution in [0.2, 0.25) is 5.15 Å². The van der Waals surface area contributed by atoms with E-state index in [1.807, 2.05) is 30.3 Å². The summed E-state index contributed by atoms with van der Waals surface area (Å²) in [7, 11) is 0. The van der Waals surface area contributed by atoms with Gasteiger partial charge in [-0.3, -0.25) is 0 Å². The lowest BCUT2D eigenvalue weighted by Crippen LogP contribution is -2.42. The topological polar surface area (TPSA) is 49.2 Å². The standard InChI is InChI=1S/C16H18ClN3O/c17-14-11-15(20(9-10-21)13-7-4-8-13)19-16(18-14)12-5-2-1-3-6-12/h1-3,5-6,11,13,21H,4,7-10H2. The van der Waals surface area contributed by atoms with Crippen molar-refractivity contribution >= 4 is 17.4 Å². The lowest BCUT2D eigenvalue weighted by Gasteiger charge is -2.38. The average Bonchev–Trinajstić information content (AvgIpc) is 2.45. The minimum atomic E-state index is 0.110. The van der Waals surface area contributed by atoms with E-state index < -0.39 is 0 Å². The maximum Gasteiger partial charge on any atom is 0.163 e. The molecule has 1 aromatic carbocycles. The highest BCUT2D eigenvalue weighted by atomic mass is 35.5. The van der Waals surface area contributed by atoms with Crippen LogP contribution in [-0.4, -0.2) is 34.3 Å². The van der Waals surface area contributed by atoms with E-state index in [0.717, 1.165) is 24.2 Å². The van der Waals surface area contributed by atoms with E-state index in [1.54, 1.807) is 6.07 Å². The van der Waals surface area contributed by atoms with Crippen molar-refractivity contribution in [3.8, 4) is 11.4 Å². The van der Waals surface area contributed by atoms with E-state index in [9.17, 15) is 5.11 Å². The van der Waals surface area contributed by atoms with E-state index in [2.05, 4.69) is 14.9 Å². The largest absolute Gasteiger partial charge is 0.395 e. The molecule has 1 N–H and O–H groups in total. The third kappa shape index (κ3) is 3.17. The van der Waals surface area contributed by atoms with Gasteiger partial charge >= 0.3 is 0 Å². The van der Waals surface area contributed by atoms with Crippen molar-refractivity contribution in [2.45, 2.75) is 25.3 Å². The van der Waals surface area contributed by atoms with Gasteiger partial charge in [0, 0.05) is 24.2 Å². The number of anilines is 1. The van der Waals surface area contributed by atoms with Gasteiger partial charge < -0.3 is 10.0 Å². The zero-order valence-corrected chi connectivity index (χ0v) is 12.5. The molecule has 1 fully saturated rings. The van der Waals surface area contributed by atoms with E-state index >= 15 is 0 Å². The second-order valence-electron chi connectivity index (χ2n) is 5.24. The highest BCUT2D eigenvalue weighted by Crippen LogP contribution is 2.30. The summed E-state index contributed by atoms with van der Waals surface area (Å²) in [5, 5.41) is 9.74. The predicted octanol–water partition coefficient (Wildman–Crippen LogP) is 3.15. The number of benzene rings is 1. The fourth-order valence-corrected chi connectivity index (χ4v) is 2.74. The van der Waals surface area contributed by atoms with Gasteiger partial charge in [-0.15, -0.1) is 0 Å². The van der Waals surface area contributed by atoms with Crippen molar-refractivity contribution in [3.63, 3.8) is 0 Å². The van der Waals surface area contributed by atoms with Crippen LogP contribution in [0.15, 0.2) is 36.4 Å². The van der Waals surface area contributed by atoms with E-state index in [-0.39, 0.29) is 6.61 Å². The first-order valence-electron chi connectivity index (χ1n) is 7.25. The first-order chi connectivity index (χ1) is 10.3. The summed E-state index contributed by atoms with van der Waals surface area (Å²) in [5.41, 5.74) is 0.943. The molecular formula is C16H18ClN3O. The van der Waals surface area contributed by atoms with E-state index in [1.165, 1.54) is 6.42 Å². The molecular weight excluding hydrogens is 286 g/mol. The van der Waals surface area contributed by atoms with Gasteiger partial charge in [0.15, 0.2) is 5.82 Å². The Hall–Kier alpha value is -1.65. The summed E-state index contributed by atoms with van der Waals surface area (Å²) in [5.74, 6) is 1.42. The third-order valence-electron chi connectivity index (χ3n) is 3.86. The van der Waals surface area contributed by atoms with Crippen LogP contribution in [0, 0.1) is 0 Å². The summed E-state index contributed by atoms with van der Waals surface area (Å²) >= 11 is 6.17. The molecule has 1 heterocycles. The molecule has 0 aliphatic heterocycles. The molecule has 3 rings (SSSR count). The molecule has 0 amide bonds. The fraction of sp³-hybridized carbons (Fsp3) is 0.375. The molecule has 0 radical (unpaired) electrons. The number of hydrogen-bond donors (Lipinski definition) is 1.